The van der Waals surface area contributed by atoms with Crippen LogP contribution in [0, 0.1) is 0 Å². The summed E-state index contributed by atoms with van der Waals surface area (Å²) in [5.41, 5.74) is -0.512. The molecule has 2 N–H and O–H groups in total. The number of hydrogen-bond donors (Lipinski definition) is 2. The molecule has 1 saturated heterocycles. The number of carbonyl (C=O) groups is 1. The lowest BCUT2D eigenvalue weighted by molar-refractivity contribution is -0.132. The number of rotatable bonds is 5. The number of amides is 1. The zero-order chi connectivity index (χ0) is 14.6. The van der Waals surface area contributed by atoms with E-state index in [1.54, 1.807) is 6.20 Å². The van der Waals surface area contributed by atoms with Gasteiger partial charge < -0.3 is 15.1 Å². The molecular weight excluding hydrogens is 256 g/mol. The van der Waals surface area contributed by atoms with Gasteiger partial charge in [0, 0.05) is 32.6 Å². The molecule has 0 saturated carbocycles. The fraction of sp³-hybridized carbons (Fsp3) is 0.714. The predicted octanol–water partition coefficient (Wildman–Crippen LogP) is 0.537. The molecule has 6 heteroatoms. The Hall–Kier alpha value is -1.40. The van der Waals surface area contributed by atoms with Gasteiger partial charge in [-0.15, -0.1) is 0 Å². The summed E-state index contributed by atoms with van der Waals surface area (Å²) in [7, 11) is 0. The minimum Gasteiger partial charge on any atom is -0.444 e. The molecule has 1 aliphatic heterocycles. The molecule has 0 aliphatic carbocycles. The van der Waals surface area contributed by atoms with Crippen molar-refractivity contribution in [3.8, 4) is 0 Å². The molecule has 1 amide bonds. The summed E-state index contributed by atoms with van der Waals surface area (Å²) < 4.78 is 5.49. The maximum absolute atomic E-state index is 12.4. The number of piperazine rings is 1. The highest BCUT2D eigenvalue weighted by Crippen LogP contribution is 2.15. The summed E-state index contributed by atoms with van der Waals surface area (Å²) in [6.45, 7) is 9.90. The van der Waals surface area contributed by atoms with Gasteiger partial charge >= 0.3 is 0 Å². The van der Waals surface area contributed by atoms with E-state index >= 15 is 0 Å². The van der Waals surface area contributed by atoms with E-state index in [2.05, 4.69) is 20.5 Å². The second kappa shape index (κ2) is 6.37. The molecule has 1 fully saturated rings. The number of aryl methyl sites for hydroxylation is 1. The van der Waals surface area contributed by atoms with Crippen LogP contribution in [-0.4, -0.2) is 47.5 Å². The molecule has 1 aromatic heterocycles. The fourth-order valence-corrected chi connectivity index (χ4v) is 2.33. The van der Waals surface area contributed by atoms with Crippen LogP contribution in [0.15, 0.2) is 10.6 Å². The van der Waals surface area contributed by atoms with Crippen LogP contribution in [0.1, 0.15) is 32.4 Å². The minimum atomic E-state index is -0.512. The van der Waals surface area contributed by atoms with Gasteiger partial charge in [0.05, 0.1) is 18.3 Å². The summed E-state index contributed by atoms with van der Waals surface area (Å²) in [6.07, 6.45) is 2.52. The Morgan fingerprint density at radius 3 is 2.80 bits per heavy atom. The maximum atomic E-state index is 12.4. The highest BCUT2D eigenvalue weighted by molar-refractivity contribution is 5.85. The Morgan fingerprint density at radius 1 is 1.50 bits per heavy atom. The van der Waals surface area contributed by atoms with E-state index < -0.39 is 5.54 Å². The fourth-order valence-electron chi connectivity index (χ4n) is 2.33. The van der Waals surface area contributed by atoms with Gasteiger partial charge in [0.25, 0.3) is 0 Å². The van der Waals surface area contributed by atoms with Crippen molar-refractivity contribution in [3.63, 3.8) is 0 Å². The van der Waals surface area contributed by atoms with Crippen molar-refractivity contribution >= 4 is 5.91 Å². The molecule has 1 aliphatic rings. The molecule has 0 spiro atoms. The third kappa shape index (κ3) is 3.37. The number of carbonyl (C=O) groups excluding carboxylic acids is 1. The molecule has 0 radical (unpaired) electrons. The van der Waals surface area contributed by atoms with Crippen LogP contribution in [0.5, 0.6) is 0 Å². The SMILES string of the molecule is CCc1cnc(CNC(=O)C(C)(C)N2CCNCC2)o1. The normalized spacial score (nSPS) is 17.1. The zero-order valence-corrected chi connectivity index (χ0v) is 12.5. The van der Waals surface area contributed by atoms with Crippen LogP contribution in [0.3, 0.4) is 0 Å². The Labute approximate surface area is 119 Å². The van der Waals surface area contributed by atoms with E-state index in [-0.39, 0.29) is 5.91 Å². The monoisotopic (exact) mass is 280 g/mol. The summed E-state index contributed by atoms with van der Waals surface area (Å²) in [5.74, 6) is 1.41. The highest BCUT2D eigenvalue weighted by atomic mass is 16.4. The lowest BCUT2D eigenvalue weighted by Crippen LogP contribution is -2.59. The van der Waals surface area contributed by atoms with Crippen molar-refractivity contribution in [3.05, 3.63) is 17.8 Å². The number of oxazole rings is 1. The standard InChI is InChI=1S/C14H24N4O2/c1-4-11-9-16-12(20-11)10-17-13(19)14(2,3)18-7-5-15-6-8-18/h9,15H,4-8,10H2,1-3H3,(H,17,19). The second-order valence-corrected chi connectivity index (χ2v) is 5.55. The molecule has 0 aromatic carbocycles. The number of nitrogens with one attached hydrogen (secondary N) is 2. The molecule has 6 nitrogen and oxygen atoms in total. The molecule has 2 heterocycles. The van der Waals surface area contributed by atoms with Gasteiger partial charge in [-0.25, -0.2) is 4.98 Å². The van der Waals surface area contributed by atoms with Crippen LogP contribution in [0.4, 0.5) is 0 Å². The summed E-state index contributed by atoms with van der Waals surface area (Å²) >= 11 is 0. The van der Waals surface area contributed by atoms with Crippen molar-refractivity contribution < 1.29 is 9.21 Å². The Kier molecular flexibility index (Phi) is 4.77. The molecule has 0 unspecified atom stereocenters. The van der Waals surface area contributed by atoms with E-state index in [9.17, 15) is 4.79 Å². The first kappa shape index (κ1) is 15.0. The Bertz CT molecular complexity index is 450. The summed E-state index contributed by atoms with van der Waals surface area (Å²) in [4.78, 5) is 18.7. The maximum Gasteiger partial charge on any atom is 0.240 e. The van der Waals surface area contributed by atoms with Gasteiger partial charge in [0.2, 0.25) is 11.8 Å². The van der Waals surface area contributed by atoms with Crippen LogP contribution in [-0.2, 0) is 17.8 Å². The van der Waals surface area contributed by atoms with E-state index in [0.29, 0.717) is 12.4 Å². The third-order valence-electron chi connectivity index (χ3n) is 3.81. The topological polar surface area (TPSA) is 70.4 Å². The van der Waals surface area contributed by atoms with Crippen molar-refractivity contribution in [2.24, 2.45) is 0 Å². The van der Waals surface area contributed by atoms with Crippen molar-refractivity contribution in [1.82, 2.24) is 20.5 Å². The molecule has 1 aromatic rings. The number of aromatic nitrogens is 1. The van der Waals surface area contributed by atoms with E-state index in [4.69, 9.17) is 4.42 Å². The van der Waals surface area contributed by atoms with Crippen LogP contribution in [0.2, 0.25) is 0 Å². The van der Waals surface area contributed by atoms with Crippen molar-refractivity contribution in [1.29, 1.82) is 0 Å². The molecule has 0 atom stereocenters. The number of nitrogens with zero attached hydrogens (tertiary/aromatic N) is 2. The Balaban J connectivity index is 1.89. The van der Waals surface area contributed by atoms with Gasteiger partial charge in [-0.2, -0.15) is 0 Å². The molecule has 112 valence electrons. The highest BCUT2D eigenvalue weighted by Gasteiger charge is 2.35. The minimum absolute atomic E-state index is 0.00986. The van der Waals surface area contributed by atoms with Gasteiger partial charge in [-0.05, 0) is 13.8 Å². The first-order valence-corrected chi connectivity index (χ1v) is 7.21. The first-order chi connectivity index (χ1) is 9.54. The molecule has 2 rings (SSSR count). The largest absolute Gasteiger partial charge is 0.444 e. The molecule has 0 bridgehead atoms. The van der Waals surface area contributed by atoms with Crippen LogP contribution in [0.25, 0.3) is 0 Å². The second-order valence-electron chi connectivity index (χ2n) is 5.55. The third-order valence-corrected chi connectivity index (χ3v) is 3.81. The first-order valence-electron chi connectivity index (χ1n) is 7.21. The zero-order valence-electron chi connectivity index (χ0n) is 12.5. The molecule has 20 heavy (non-hydrogen) atoms. The average Bonchev–Trinajstić information content (AvgIpc) is 2.93. The quantitative estimate of drug-likeness (QED) is 0.823. The van der Waals surface area contributed by atoms with E-state index in [1.807, 2.05) is 20.8 Å². The lowest BCUT2D eigenvalue weighted by Gasteiger charge is -2.39. The van der Waals surface area contributed by atoms with E-state index in [0.717, 1.165) is 38.4 Å². The number of hydrogen-bond acceptors (Lipinski definition) is 5. The van der Waals surface area contributed by atoms with E-state index in [1.165, 1.54) is 0 Å². The van der Waals surface area contributed by atoms with Gasteiger partial charge in [0.15, 0.2) is 0 Å². The lowest BCUT2D eigenvalue weighted by atomic mass is 10.0. The Morgan fingerprint density at radius 2 is 2.20 bits per heavy atom. The van der Waals surface area contributed by atoms with Crippen molar-refractivity contribution in [2.45, 2.75) is 39.3 Å². The summed E-state index contributed by atoms with van der Waals surface area (Å²) in [6, 6.07) is 0. The van der Waals surface area contributed by atoms with Crippen LogP contribution < -0.4 is 10.6 Å². The van der Waals surface area contributed by atoms with Gasteiger partial charge in [-0.3, -0.25) is 9.69 Å². The summed E-state index contributed by atoms with van der Waals surface area (Å²) in [5, 5.41) is 6.21. The van der Waals surface area contributed by atoms with Crippen LogP contribution >= 0.6 is 0 Å². The van der Waals surface area contributed by atoms with Gasteiger partial charge in [-0.1, -0.05) is 6.92 Å². The predicted molar refractivity (Wildman–Crippen MR) is 76.2 cm³/mol. The van der Waals surface area contributed by atoms with Gasteiger partial charge in [0.1, 0.15) is 5.76 Å². The average molecular weight is 280 g/mol. The molecular formula is C14H24N4O2. The van der Waals surface area contributed by atoms with Crippen molar-refractivity contribution in [2.75, 3.05) is 26.2 Å². The smallest absolute Gasteiger partial charge is 0.240 e.